The summed E-state index contributed by atoms with van der Waals surface area (Å²) >= 11 is 0. The zero-order valence-corrected chi connectivity index (χ0v) is 18.9. The number of carboxylic acids is 1. The fourth-order valence-corrected chi connectivity index (χ4v) is 5.90. The molecule has 0 spiro atoms. The molecule has 34 heavy (non-hydrogen) atoms. The van der Waals surface area contributed by atoms with E-state index in [0.29, 0.717) is 6.54 Å². The van der Waals surface area contributed by atoms with Crippen molar-refractivity contribution < 1.29 is 24.2 Å². The first-order valence-corrected chi connectivity index (χ1v) is 11.8. The first kappa shape index (κ1) is 22.2. The molecule has 0 aromatic heterocycles. The van der Waals surface area contributed by atoms with Crippen LogP contribution >= 0.6 is 0 Å². The number of rotatable bonds is 6. The predicted molar refractivity (Wildman–Crippen MR) is 126 cm³/mol. The number of fused-ring (bicyclic) bond motifs is 4. The Morgan fingerprint density at radius 1 is 1.03 bits per heavy atom. The van der Waals surface area contributed by atoms with Gasteiger partial charge >= 0.3 is 12.1 Å². The number of nitrogens with zero attached hydrogens (tertiary/aromatic N) is 1. The number of hydrogen-bond acceptors (Lipinski definition) is 4. The molecule has 3 aliphatic rings. The zero-order chi connectivity index (χ0) is 23.7. The first-order chi connectivity index (χ1) is 16.5. The number of nitrogens with one attached hydrogen (secondary N) is 1. The second-order valence-corrected chi connectivity index (χ2v) is 9.24. The van der Waals surface area contributed by atoms with Gasteiger partial charge in [-0.1, -0.05) is 61.0 Å². The quantitative estimate of drug-likeness (QED) is 0.640. The zero-order valence-electron chi connectivity index (χ0n) is 18.9. The third kappa shape index (κ3) is 4.06. The highest BCUT2D eigenvalue weighted by molar-refractivity contribution is 5.92. The number of carboxylic acid groups (broad SMARTS) is 1. The highest BCUT2D eigenvalue weighted by Crippen LogP contribution is 2.44. The van der Waals surface area contributed by atoms with Gasteiger partial charge in [-0.25, -0.2) is 9.59 Å². The van der Waals surface area contributed by atoms with Crippen LogP contribution in [0.1, 0.15) is 36.3 Å². The van der Waals surface area contributed by atoms with Crippen molar-refractivity contribution in [3.05, 3.63) is 71.8 Å². The van der Waals surface area contributed by atoms with E-state index in [9.17, 15) is 19.5 Å². The van der Waals surface area contributed by atoms with E-state index < -0.39 is 18.1 Å². The fraction of sp³-hybridized carbons (Fsp3) is 0.370. The summed E-state index contributed by atoms with van der Waals surface area (Å²) in [5.41, 5.74) is 4.62. The monoisotopic (exact) mass is 460 g/mol. The molecular weight excluding hydrogens is 432 g/mol. The Morgan fingerprint density at radius 3 is 2.38 bits per heavy atom. The second kappa shape index (κ2) is 9.33. The lowest BCUT2D eigenvalue weighted by molar-refractivity contribution is -0.148. The Labute approximate surface area is 198 Å². The van der Waals surface area contributed by atoms with Crippen LogP contribution in [0.5, 0.6) is 0 Å². The fourth-order valence-electron chi connectivity index (χ4n) is 5.90. The molecule has 7 heteroatoms. The van der Waals surface area contributed by atoms with Crippen LogP contribution in [0.15, 0.2) is 60.7 Å². The molecule has 2 N–H and O–H groups in total. The van der Waals surface area contributed by atoms with E-state index in [1.807, 2.05) is 24.3 Å². The summed E-state index contributed by atoms with van der Waals surface area (Å²) in [5.74, 6) is -0.951. The van der Waals surface area contributed by atoms with E-state index in [2.05, 4.69) is 29.6 Å². The maximum absolute atomic E-state index is 12.6. The third-order valence-electron chi connectivity index (χ3n) is 7.39. The molecule has 2 aromatic carbocycles. The lowest BCUT2D eigenvalue weighted by Crippen LogP contribution is -2.42. The van der Waals surface area contributed by atoms with Gasteiger partial charge in [0, 0.05) is 25.1 Å². The lowest BCUT2D eigenvalue weighted by atomic mass is 9.94. The topological polar surface area (TPSA) is 95.9 Å². The molecule has 3 unspecified atom stereocenters. The molecule has 1 heterocycles. The van der Waals surface area contributed by atoms with Crippen LogP contribution in [0.25, 0.3) is 11.1 Å². The summed E-state index contributed by atoms with van der Waals surface area (Å²) in [6.07, 6.45) is 5.19. The molecule has 1 aliphatic heterocycles. The Hall–Kier alpha value is -3.61. The number of alkyl carbamates (subject to hydrolysis) is 1. The molecule has 5 rings (SSSR count). The second-order valence-electron chi connectivity index (χ2n) is 9.24. The van der Waals surface area contributed by atoms with Gasteiger partial charge in [0.2, 0.25) is 5.91 Å². The molecular formula is C27H28N2O5. The van der Waals surface area contributed by atoms with Crippen LogP contribution in [0, 0.1) is 11.8 Å². The van der Waals surface area contributed by atoms with Gasteiger partial charge in [-0.3, -0.25) is 4.79 Å². The van der Waals surface area contributed by atoms with Crippen molar-refractivity contribution in [2.75, 3.05) is 19.7 Å². The van der Waals surface area contributed by atoms with Crippen LogP contribution in [0.2, 0.25) is 0 Å². The van der Waals surface area contributed by atoms with Gasteiger partial charge < -0.3 is 20.1 Å². The van der Waals surface area contributed by atoms with Gasteiger partial charge in [0.05, 0.1) is 0 Å². The van der Waals surface area contributed by atoms with Gasteiger partial charge in [0.1, 0.15) is 12.6 Å². The Bertz CT molecular complexity index is 1100. The summed E-state index contributed by atoms with van der Waals surface area (Å²) in [6, 6.07) is 15.5. The number of carbonyl (C=O) groups is 3. The molecule has 1 saturated heterocycles. The lowest BCUT2D eigenvalue weighted by Gasteiger charge is -2.23. The smallest absolute Gasteiger partial charge is 0.407 e. The number of carbonyl (C=O) groups excluding carboxylic acids is 2. The molecule has 0 bridgehead atoms. The van der Waals surface area contributed by atoms with Gasteiger partial charge in [0.15, 0.2) is 0 Å². The van der Waals surface area contributed by atoms with Crippen molar-refractivity contribution in [2.45, 2.75) is 31.2 Å². The minimum Gasteiger partial charge on any atom is -0.480 e. The molecule has 3 atom stereocenters. The molecule has 7 nitrogen and oxygen atoms in total. The average molecular weight is 461 g/mol. The summed E-state index contributed by atoms with van der Waals surface area (Å²) in [4.78, 5) is 38.0. The van der Waals surface area contributed by atoms with Crippen molar-refractivity contribution in [1.29, 1.82) is 0 Å². The largest absolute Gasteiger partial charge is 0.480 e. The standard InChI is InChI=1S/C27H28N2O5/c30-24(29-15-17-7-5-12-18(17)25(29)26(31)32)13-6-14-28-27(33)34-16-23-21-10-3-1-8-19(21)20-9-2-4-11-22(20)23/h1-4,6,8-11,13,17-18,23,25H,5,7,12,14-16H2,(H,28,33)(H,31,32)/b13-6+. The molecule has 2 aliphatic carbocycles. The molecule has 2 aromatic rings. The molecule has 1 saturated carbocycles. The number of hydrogen-bond donors (Lipinski definition) is 2. The summed E-state index contributed by atoms with van der Waals surface area (Å²) in [6.45, 7) is 0.838. The van der Waals surface area contributed by atoms with Crippen molar-refractivity contribution in [2.24, 2.45) is 11.8 Å². The van der Waals surface area contributed by atoms with E-state index in [-0.39, 0.29) is 36.8 Å². The normalized spacial score (nSPS) is 22.9. The summed E-state index contributed by atoms with van der Waals surface area (Å²) in [7, 11) is 0. The minimum atomic E-state index is -0.937. The van der Waals surface area contributed by atoms with Crippen molar-refractivity contribution >= 4 is 18.0 Å². The van der Waals surface area contributed by atoms with E-state index in [1.54, 1.807) is 0 Å². The number of likely N-dealkylation sites (tertiary alicyclic amines) is 1. The van der Waals surface area contributed by atoms with Crippen molar-refractivity contribution in [3.8, 4) is 11.1 Å². The van der Waals surface area contributed by atoms with E-state index >= 15 is 0 Å². The Kier molecular flexibility index (Phi) is 6.09. The van der Waals surface area contributed by atoms with Crippen molar-refractivity contribution in [3.63, 3.8) is 0 Å². The third-order valence-corrected chi connectivity index (χ3v) is 7.39. The molecule has 2 fully saturated rings. The van der Waals surface area contributed by atoms with Crippen molar-refractivity contribution in [1.82, 2.24) is 10.2 Å². The number of benzene rings is 2. The molecule has 0 radical (unpaired) electrons. The van der Waals surface area contributed by atoms with E-state index in [0.717, 1.165) is 30.4 Å². The molecule has 176 valence electrons. The highest BCUT2D eigenvalue weighted by atomic mass is 16.5. The number of aliphatic carboxylic acids is 1. The van der Waals surface area contributed by atoms with Gasteiger partial charge in [0.25, 0.3) is 0 Å². The van der Waals surface area contributed by atoms with Crippen LogP contribution in [0.4, 0.5) is 4.79 Å². The van der Waals surface area contributed by atoms with E-state index in [1.165, 1.54) is 28.2 Å². The van der Waals surface area contributed by atoms with E-state index in [4.69, 9.17) is 4.74 Å². The number of amides is 2. The van der Waals surface area contributed by atoms with Gasteiger partial charge in [-0.2, -0.15) is 0 Å². The van der Waals surface area contributed by atoms with Crippen LogP contribution in [-0.2, 0) is 14.3 Å². The Balaban J connectivity index is 1.13. The Morgan fingerprint density at radius 2 is 1.71 bits per heavy atom. The van der Waals surface area contributed by atoms with Crippen LogP contribution in [0.3, 0.4) is 0 Å². The number of ether oxygens (including phenoxy) is 1. The maximum atomic E-state index is 12.6. The molecule has 2 amide bonds. The summed E-state index contributed by atoms with van der Waals surface area (Å²) in [5, 5.41) is 12.2. The SMILES string of the molecule is O=C(NC/C=C/C(=O)N1CC2CCCC2C1C(=O)O)OCC1c2ccccc2-c2ccccc21. The minimum absolute atomic E-state index is 0.0159. The maximum Gasteiger partial charge on any atom is 0.407 e. The van der Waals surface area contributed by atoms with Crippen LogP contribution < -0.4 is 5.32 Å². The van der Waals surface area contributed by atoms with Gasteiger partial charge in [-0.05, 0) is 46.9 Å². The first-order valence-electron chi connectivity index (χ1n) is 11.8. The highest BCUT2D eigenvalue weighted by Gasteiger charge is 2.49. The summed E-state index contributed by atoms with van der Waals surface area (Å²) < 4.78 is 5.49. The van der Waals surface area contributed by atoms with Crippen LogP contribution in [-0.4, -0.2) is 53.7 Å². The average Bonchev–Trinajstić information content (AvgIpc) is 3.52. The van der Waals surface area contributed by atoms with Gasteiger partial charge in [-0.15, -0.1) is 0 Å². The predicted octanol–water partition coefficient (Wildman–Crippen LogP) is 3.79.